The van der Waals surface area contributed by atoms with Gasteiger partial charge in [-0.1, -0.05) is 36.0 Å². The molecule has 1 N–H and O–H groups in total. The molecule has 0 aliphatic rings. The van der Waals surface area contributed by atoms with E-state index in [2.05, 4.69) is 15.5 Å². The first-order valence-corrected chi connectivity index (χ1v) is 8.83. The van der Waals surface area contributed by atoms with Crippen molar-refractivity contribution >= 4 is 29.3 Å². The molecular weight excluding hydrogens is 368 g/mol. The summed E-state index contributed by atoms with van der Waals surface area (Å²) < 4.78 is 1.43. The molecule has 0 amide bonds. The third kappa shape index (κ3) is 4.26. The number of carbonyl (C=O) groups is 3. The summed E-state index contributed by atoms with van der Waals surface area (Å²) >= 11 is 1.17. The Bertz CT molecular complexity index is 997. The van der Waals surface area contributed by atoms with E-state index in [1.807, 2.05) is 0 Å². The maximum absolute atomic E-state index is 12.3. The fraction of sp³-hybridized carbons (Fsp3) is 0.111. The molecule has 0 spiro atoms. The van der Waals surface area contributed by atoms with Crippen LogP contribution in [0.25, 0.3) is 5.69 Å². The zero-order valence-corrected chi connectivity index (χ0v) is 15.0. The lowest BCUT2D eigenvalue weighted by molar-refractivity contribution is 0.0696. The quantitative estimate of drug-likeness (QED) is 0.490. The van der Waals surface area contributed by atoms with Crippen molar-refractivity contribution in [2.75, 3.05) is 5.75 Å². The van der Waals surface area contributed by atoms with Gasteiger partial charge in [0.1, 0.15) is 0 Å². The predicted octanol–water partition coefficient (Wildman–Crippen LogP) is 2.54. The maximum atomic E-state index is 12.3. The van der Waals surface area contributed by atoms with Crippen LogP contribution < -0.4 is 0 Å². The average molecular weight is 382 g/mol. The third-order valence-electron chi connectivity index (χ3n) is 3.75. The highest BCUT2D eigenvalue weighted by atomic mass is 32.2. The molecule has 0 unspecified atom stereocenters. The standard InChI is InChI=1S/C18H14N4O4S/c1-11(23)12-2-4-13(5-3-12)16(24)10-27-18-19-20-21-22(18)15-8-6-14(7-9-15)17(25)26/h2-9H,10H2,1H3,(H,25,26). The number of hydrogen-bond acceptors (Lipinski definition) is 7. The molecule has 0 saturated carbocycles. The Hall–Kier alpha value is -3.33. The molecule has 8 nitrogen and oxygen atoms in total. The van der Waals surface area contributed by atoms with Crippen LogP contribution in [0.1, 0.15) is 38.0 Å². The van der Waals surface area contributed by atoms with E-state index in [0.717, 1.165) is 0 Å². The molecule has 1 heterocycles. The van der Waals surface area contributed by atoms with Gasteiger partial charge in [0.2, 0.25) is 5.16 Å². The summed E-state index contributed by atoms with van der Waals surface area (Å²) in [5, 5.41) is 20.8. The molecule has 0 saturated heterocycles. The zero-order valence-electron chi connectivity index (χ0n) is 14.2. The smallest absolute Gasteiger partial charge is 0.335 e. The van der Waals surface area contributed by atoms with Gasteiger partial charge in [0.15, 0.2) is 11.6 Å². The number of aromatic nitrogens is 4. The minimum Gasteiger partial charge on any atom is -0.478 e. The summed E-state index contributed by atoms with van der Waals surface area (Å²) in [6, 6.07) is 12.6. The maximum Gasteiger partial charge on any atom is 0.335 e. The number of hydrogen-bond donors (Lipinski definition) is 1. The van der Waals surface area contributed by atoms with Crippen molar-refractivity contribution in [3.8, 4) is 5.69 Å². The fourth-order valence-electron chi connectivity index (χ4n) is 2.28. The zero-order chi connectivity index (χ0) is 19.4. The molecule has 0 atom stereocenters. The highest BCUT2D eigenvalue weighted by Gasteiger charge is 2.14. The normalized spacial score (nSPS) is 10.6. The van der Waals surface area contributed by atoms with Gasteiger partial charge in [0.05, 0.1) is 17.0 Å². The number of tetrazole rings is 1. The van der Waals surface area contributed by atoms with Crippen LogP contribution in [0.5, 0.6) is 0 Å². The fourth-order valence-corrected chi connectivity index (χ4v) is 3.07. The summed E-state index contributed by atoms with van der Waals surface area (Å²) in [7, 11) is 0. The van der Waals surface area contributed by atoms with Crippen LogP contribution in [0.4, 0.5) is 0 Å². The molecule has 3 aromatic rings. The van der Waals surface area contributed by atoms with Crippen molar-refractivity contribution in [3.63, 3.8) is 0 Å². The number of carboxylic acid groups (broad SMARTS) is 1. The molecule has 1 aromatic heterocycles. The Labute approximate surface area is 158 Å². The van der Waals surface area contributed by atoms with Gasteiger partial charge < -0.3 is 5.11 Å². The van der Waals surface area contributed by atoms with Crippen LogP contribution >= 0.6 is 11.8 Å². The molecule has 136 valence electrons. The number of ketones is 2. The molecule has 0 aliphatic carbocycles. The van der Waals surface area contributed by atoms with Crippen LogP contribution in [-0.4, -0.2) is 48.6 Å². The van der Waals surface area contributed by atoms with E-state index in [1.165, 1.54) is 35.5 Å². The van der Waals surface area contributed by atoms with Crippen molar-refractivity contribution < 1.29 is 19.5 Å². The van der Waals surface area contributed by atoms with Gasteiger partial charge >= 0.3 is 5.97 Å². The van der Waals surface area contributed by atoms with Crippen molar-refractivity contribution in [1.82, 2.24) is 20.2 Å². The van der Waals surface area contributed by atoms with E-state index in [-0.39, 0.29) is 22.9 Å². The van der Waals surface area contributed by atoms with Crippen molar-refractivity contribution in [1.29, 1.82) is 0 Å². The molecule has 0 bridgehead atoms. The van der Waals surface area contributed by atoms with Crippen molar-refractivity contribution in [2.24, 2.45) is 0 Å². The van der Waals surface area contributed by atoms with Gasteiger partial charge in [0, 0.05) is 11.1 Å². The highest BCUT2D eigenvalue weighted by molar-refractivity contribution is 7.99. The first-order valence-electron chi connectivity index (χ1n) is 7.85. The largest absolute Gasteiger partial charge is 0.478 e. The minimum absolute atomic E-state index is 0.0588. The summed E-state index contributed by atoms with van der Waals surface area (Å²) in [5.74, 6) is -1.08. The topological polar surface area (TPSA) is 115 Å². The first kappa shape index (κ1) is 18.5. The van der Waals surface area contributed by atoms with E-state index in [1.54, 1.807) is 36.4 Å². The minimum atomic E-state index is -1.02. The molecule has 0 aliphatic heterocycles. The van der Waals surface area contributed by atoms with E-state index >= 15 is 0 Å². The number of nitrogens with zero attached hydrogens (tertiary/aromatic N) is 4. The van der Waals surface area contributed by atoms with E-state index in [0.29, 0.717) is 22.0 Å². The molecule has 0 fully saturated rings. The molecule has 27 heavy (non-hydrogen) atoms. The lowest BCUT2D eigenvalue weighted by atomic mass is 10.1. The van der Waals surface area contributed by atoms with E-state index < -0.39 is 5.97 Å². The lowest BCUT2D eigenvalue weighted by Gasteiger charge is -2.05. The first-order chi connectivity index (χ1) is 13.0. The number of Topliss-reactive ketones (excluding diaryl/α,β-unsaturated/α-hetero) is 2. The Morgan fingerprint density at radius 1 is 0.963 bits per heavy atom. The van der Waals surface area contributed by atoms with Gasteiger partial charge in [-0.25, -0.2) is 4.79 Å². The monoisotopic (exact) mass is 382 g/mol. The Kier molecular flexibility index (Phi) is 5.41. The summed E-state index contributed by atoms with van der Waals surface area (Å²) in [6.45, 7) is 1.47. The molecule has 0 radical (unpaired) electrons. The van der Waals surface area contributed by atoms with Crippen LogP contribution in [0.2, 0.25) is 0 Å². The number of carboxylic acids is 1. The SMILES string of the molecule is CC(=O)c1ccc(C(=O)CSc2nnnn2-c2ccc(C(=O)O)cc2)cc1. The summed E-state index contributed by atoms with van der Waals surface area (Å²) in [6.07, 6.45) is 0. The van der Waals surface area contributed by atoms with Gasteiger partial charge in [-0.05, 0) is 41.6 Å². The second-order valence-electron chi connectivity index (χ2n) is 5.57. The van der Waals surface area contributed by atoms with Crippen molar-refractivity contribution in [2.45, 2.75) is 12.1 Å². The van der Waals surface area contributed by atoms with Gasteiger partial charge in [-0.2, -0.15) is 4.68 Å². The highest BCUT2D eigenvalue weighted by Crippen LogP contribution is 2.20. The number of thioether (sulfide) groups is 1. The Morgan fingerprint density at radius 2 is 1.56 bits per heavy atom. The molecular formula is C18H14N4O4S. The van der Waals surface area contributed by atoms with Crippen LogP contribution in [0, 0.1) is 0 Å². The van der Waals surface area contributed by atoms with E-state index in [9.17, 15) is 14.4 Å². The van der Waals surface area contributed by atoms with Crippen LogP contribution in [0.15, 0.2) is 53.7 Å². The molecule has 3 rings (SSSR count). The Balaban J connectivity index is 1.70. The Morgan fingerprint density at radius 3 is 2.15 bits per heavy atom. The third-order valence-corrected chi connectivity index (χ3v) is 4.66. The van der Waals surface area contributed by atoms with E-state index in [4.69, 9.17) is 5.11 Å². The predicted molar refractivity (Wildman–Crippen MR) is 97.6 cm³/mol. The number of rotatable bonds is 7. The molecule has 2 aromatic carbocycles. The average Bonchev–Trinajstić information content (AvgIpc) is 3.14. The summed E-state index contributed by atoms with van der Waals surface area (Å²) in [5.41, 5.74) is 1.79. The lowest BCUT2D eigenvalue weighted by Crippen LogP contribution is -2.06. The van der Waals surface area contributed by atoms with Gasteiger partial charge in [-0.3, -0.25) is 9.59 Å². The number of carbonyl (C=O) groups excluding carboxylic acids is 2. The van der Waals surface area contributed by atoms with Crippen LogP contribution in [0.3, 0.4) is 0 Å². The number of aromatic carboxylic acids is 1. The summed E-state index contributed by atoms with van der Waals surface area (Å²) in [4.78, 5) is 34.6. The molecule has 9 heteroatoms. The second-order valence-corrected chi connectivity index (χ2v) is 6.51. The number of benzene rings is 2. The van der Waals surface area contributed by atoms with Gasteiger partial charge in [0.25, 0.3) is 0 Å². The van der Waals surface area contributed by atoms with Crippen LogP contribution in [-0.2, 0) is 0 Å². The van der Waals surface area contributed by atoms with Crippen molar-refractivity contribution in [3.05, 3.63) is 65.2 Å². The second kappa shape index (κ2) is 7.92. The van der Waals surface area contributed by atoms with Gasteiger partial charge in [-0.15, -0.1) is 5.10 Å².